The van der Waals surface area contributed by atoms with Crippen molar-refractivity contribution in [1.82, 2.24) is 0 Å². The summed E-state index contributed by atoms with van der Waals surface area (Å²) in [7, 11) is 1.78. The predicted molar refractivity (Wildman–Crippen MR) is 54.5 cm³/mol. The molecule has 1 nitrogen and oxygen atoms in total. The molecule has 0 amide bonds. The maximum atomic E-state index is 3.99. The summed E-state index contributed by atoms with van der Waals surface area (Å²) in [5, 5.41) is 0. The molecule has 0 fully saturated rings. The second-order valence-electron chi connectivity index (χ2n) is 2.50. The third-order valence-corrected chi connectivity index (χ3v) is 1.69. The number of aliphatic imine (C=N–C) groups is 1. The van der Waals surface area contributed by atoms with E-state index in [1.807, 2.05) is 31.3 Å². The summed E-state index contributed by atoms with van der Waals surface area (Å²) >= 11 is 0. The Labute approximate surface area is 73.5 Å². The van der Waals surface area contributed by atoms with E-state index in [1.54, 1.807) is 7.05 Å². The highest BCUT2D eigenvalue weighted by atomic mass is 14.6. The van der Waals surface area contributed by atoms with E-state index in [9.17, 15) is 0 Å². The summed E-state index contributed by atoms with van der Waals surface area (Å²) in [6.07, 6.45) is 3.93. The smallest absolute Gasteiger partial charge is 0.0284 e. The molecule has 0 aliphatic rings. The van der Waals surface area contributed by atoms with Gasteiger partial charge < -0.3 is 0 Å². The molecule has 1 heteroatoms. The van der Waals surface area contributed by atoms with Crippen molar-refractivity contribution in [3.8, 4) is 0 Å². The number of benzene rings is 1. The second kappa shape index (κ2) is 4.50. The number of hydrogen-bond acceptors (Lipinski definition) is 1. The molecule has 0 aliphatic heterocycles. The van der Waals surface area contributed by atoms with Gasteiger partial charge in [0.05, 0.1) is 0 Å². The lowest BCUT2D eigenvalue weighted by molar-refractivity contribution is 1.47. The van der Waals surface area contributed by atoms with Gasteiger partial charge in [0, 0.05) is 13.3 Å². The predicted octanol–water partition coefficient (Wildman–Crippen LogP) is 2.79. The Balaban J connectivity index is 2.97. The van der Waals surface area contributed by atoms with Crippen molar-refractivity contribution in [3.05, 3.63) is 42.0 Å². The fourth-order valence-corrected chi connectivity index (χ4v) is 1.09. The van der Waals surface area contributed by atoms with Crippen LogP contribution in [0.5, 0.6) is 0 Å². The Bertz CT molecular complexity index is 283. The first-order chi connectivity index (χ1) is 5.88. The van der Waals surface area contributed by atoms with Crippen LogP contribution < -0.4 is 0 Å². The molecule has 0 aromatic heterocycles. The standard InChI is InChI=1S/C11H13N/c1-3-10(9-12-2)11-7-5-4-6-8-11/h3-9H,1-2H3/b10-3+,12-9?. The average Bonchev–Trinajstić information content (AvgIpc) is 2.15. The molecule has 0 saturated carbocycles. The van der Waals surface area contributed by atoms with Crippen molar-refractivity contribution in [2.75, 3.05) is 7.05 Å². The van der Waals surface area contributed by atoms with Gasteiger partial charge in [-0.15, -0.1) is 0 Å². The summed E-state index contributed by atoms with van der Waals surface area (Å²) in [4.78, 5) is 3.99. The van der Waals surface area contributed by atoms with Gasteiger partial charge in [0.2, 0.25) is 0 Å². The van der Waals surface area contributed by atoms with Gasteiger partial charge >= 0.3 is 0 Å². The molecule has 0 radical (unpaired) electrons. The first kappa shape index (κ1) is 8.72. The van der Waals surface area contributed by atoms with Crippen molar-refractivity contribution in [1.29, 1.82) is 0 Å². The molecule has 0 N–H and O–H groups in total. The van der Waals surface area contributed by atoms with E-state index in [2.05, 4.69) is 23.2 Å². The second-order valence-corrected chi connectivity index (χ2v) is 2.50. The van der Waals surface area contributed by atoms with Gasteiger partial charge in [0.1, 0.15) is 0 Å². The zero-order valence-corrected chi connectivity index (χ0v) is 7.49. The molecule has 0 heterocycles. The fraction of sp³-hybridized carbons (Fsp3) is 0.182. The molecule has 12 heavy (non-hydrogen) atoms. The average molecular weight is 159 g/mol. The van der Waals surface area contributed by atoms with Crippen LogP contribution in [0.2, 0.25) is 0 Å². The maximum absolute atomic E-state index is 3.99. The lowest BCUT2D eigenvalue weighted by atomic mass is 10.1. The van der Waals surface area contributed by atoms with Crippen LogP contribution in [0.1, 0.15) is 12.5 Å². The third kappa shape index (κ3) is 2.06. The molecule has 0 bridgehead atoms. The van der Waals surface area contributed by atoms with Crippen LogP contribution in [-0.4, -0.2) is 13.3 Å². The van der Waals surface area contributed by atoms with Crippen LogP contribution in [0.25, 0.3) is 5.57 Å². The Kier molecular flexibility index (Phi) is 3.27. The van der Waals surface area contributed by atoms with Gasteiger partial charge in [-0.05, 0) is 18.1 Å². The van der Waals surface area contributed by atoms with Gasteiger partial charge in [-0.1, -0.05) is 36.4 Å². The normalized spacial score (nSPS) is 12.3. The van der Waals surface area contributed by atoms with E-state index < -0.39 is 0 Å². The number of hydrogen-bond donors (Lipinski definition) is 0. The van der Waals surface area contributed by atoms with Crippen molar-refractivity contribution < 1.29 is 0 Å². The van der Waals surface area contributed by atoms with Crippen LogP contribution in [0, 0.1) is 0 Å². The van der Waals surface area contributed by atoms with Gasteiger partial charge in [-0.25, -0.2) is 0 Å². The SMILES string of the molecule is C/C=C(\C=NC)c1ccccc1. The maximum Gasteiger partial charge on any atom is 0.0284 e. The van der Waals surface area contributed by atoms with Crippen LogP contribution in [0.15, 0.2) is 41.4 Å². The Morgan fingerprint density at radius 2 is 1.92 bits per heavy atom. The Morgan fingerprint density at radius 3 is 2.42 bits per heavy atom. The van der Waals surface area contributed by atoms with Crippen LogP contribution in [-0.2, 0) is 0 Å². The van der Waals surface area contributed by atoms with Crippen molar-refractivity contribution in [2.45, 2.75) is 6.92 Å². The summed E-state index contributed by atoms with van der Waals surface area (Å²) in [5.41, 5.74) is 2.38. The van der Waals surface area contributed by atoms with E-state index in [0.717, 1.165) is 5.57 Å². The van der Waals surface area contributed by atoms with Crippen LogP contribution in [0.4, 0.5) is 0 Å². The molecule has 0 spiro atoms. The van der Waals surface area contributed by atoms with Crippen molar-refractivity contribution in [2.24, 2.45) is 4.99 Å². The minimum atomic E-state index is 1.16. The fourth-order valence-electron chi connectivity index (χ4n) is 1.09. The molecule has 0 saturated heterocycles. The van der Waals surface area contributed by atoms with Crippen LogP contribution >= 0.6 is 0 Å². The zero-order valence-electron chi connectivity index (χ0n) is 7.49. The van der Waals surface area contributed by atoms with Crippen LogP contribution in [0.3, 0.4) is 0 Å². The number of allylic oxidation sites excluding steroid dienone is 2. The lowest BCUT2D eigenvalue weighted by Gasteiger charge is -1.98. The lowest BCUT2D eigenvalue weighted by Crippen LogP contribution is -1.83. The summed E-state index contributed by atoms with van der Waals surface area (Å²) in [5.74, 6) is 0. The van der Waals surface area contributed by atoms with Gasteiger partial charge in [0.15, 0.2) is 0 Å². The minimum Gasteiger partial charge on any atom is -0.296 e. The molecule has 1 aromatic carbocycles. The molecule has 62 valence electrons. The molecular formula is C11H13N. The topological polar surface area (TPSA) is 12.4 Å². The number of rotatable bonds is 2. The highest BCUT2D eigenvalue weighted by Gasteiger charge is 1.93. The molecule has 0 unspecified atom stereocenters. The van der Waals surface area contributed by atoms with Crippen molar-refractivity contribution >= 4 is 11.8 Å². The Morgan fingerprint density at radius 1 is 1.25 bits per heavy atom. The summed E-state index contributed by atoms with van der Waals surface area (Å²) < 4.78 is 0. The zero-order chi connectivity index (χ0) is 8.81. The van der Waals surface area contributed by atoms with Gasteiger partial charge in [-0.3, -0.25) is 4.99 Å². The molecular weight excluding hydrogens is 146 g/mol. The molecule has 1 rings (SSSR count). The summed E-state index contributed by atoms with van der Waals surface area (Å²) in [6, 6.07) is 10.2. The van der Waals surface area contributed by atoms with Gasteiger partial charge in [-0.2, -0.15) is 0 Å². The first-order valence-corrected chi connectivity index (χ1v) is 4.02. The highest BCUT2D eigenvalue weighted by Crippen LogP contribution is 2.10. The van der Waals surface area contributed by atoms with E-state index in [4.69, 9.17) is 0 Å². The van der Waals surface area contributed by atoms with E-state index in [-0.39, 0.29) is 0 Å². The third-order valence-electron chi connectivity index (χ3n) is 1.69. The molecule has 0 atom stereocenters. The number of nitrogens with zero attached hydrogens (tertiary/aromatic N) is 1. The molecule has 0 aliphatic carbocycles. The van der Waals surface area contributed by atoms with E-state index in [0.29, 0.717) is 0 Å². The highest BCUT2D eigenvalue weighted by molar-refractivity contribution is 6.09. The summed E-state index contributed by atoms with van der Waals surface area (Å²) in [6.45, 7) is 2.02. The quantitative estimate of drug-likeness (QED) is 0.588. The largest absolute Gasteiger partial charge is 0.296 e. The monoisotopic (exact) mass is 159 g/mol. The first-order valence-electron chi connectivity index (χ1n) is 4.02. The van der Waals surface area contributed by atoms with E-state index in [1.165, 1.54) is 5.56 Å². The Hall–Kier alpha value is -1.37. The minimum absolute atomic E-state index is 1.16. The van der Waals surface area contributed by atoms with Crippen molar-refractivity contribution in [3.63, 3.8) is 0 Å². The van der Waals surface area contributed by atoms with E-state index >= 15 is 0 Å². The molecule has 1 aromatic rings. The van der Waals surface area contributed by atoms with Gasteiger partial charge in [0.25, 0.3) is 0 Å².